The van der Waals surface area contributed by atoms with Gasteiger partial charge in [-0.25, -0.2) is 13.2 Å². The number of sulfone groups is 1. The van der Waals surface area contributed by atoms with Crippen molar-refractivity contribution in [3.8, 4) is 5.75 Å². The summed E-state index contributed by atoms with van der Waals surface area (Å²) in [5, 5.41) is 9.65. The lowest BCUT2D eigenvalue weighted by molar-refractivity contribution is -0.0105. The first-order valence-electron chi connectivity index (χ1n) is 8.76. The number of benzene rings is 1. The second kappa shape index (κ2) is 6.74. The van der Waals surface area contributed by atoms with Crippen molar-refractivity contribution in [3.63, 3.8) is 0 Å². The van der Waals surface area contributed by atoms with E-state index in [2.05, 4.69) is 4.90 Å². The van der Waals surface area contributed by atoms with Crippen molar-refractivity contribution in [2.24, 2.45) is 0 Å². The van der Waals surface area contributed by atoms with Gasteiger partial charge in [0.2, 0.25) is 0 Å². The van der Waals surface area contributed by atoms with Gasteiger partial charge in [-0.1, -0.05) is 12.1 Å². The number of aromatic hydroxyl groups is 1. The summed E-state index contributed by atoms with van der Waals surface area (Å²) in [6.45, 7) is 6.91. The standard InChI is InChI=1S/C18H26N2O5S/c1-18(2,3)25-17(22)20-8-7-19(10-13-5-4-6-14(21)9-13)15-11-26(23,24)12-16(15)20/h4-6,9,15-16,21H,7-8,10-12H2,1-3H3/t15-,16+/m1/s1. The summed E-state index contributed by atoms with van der Waals surface area (Å²) < 4.78 is 30.0. The van der Waals surface area contributed by atoms with E-state index in [-0.39, 0.29) is 23.3 Å². The van der Waals surface area contributed by atoms with Crippen LogP contribution in [0.25, 0.3) is 0 Å². The molecule has 0 saturated carbocycles. The third-order valence-corrected chi connectivity index (χ3v) is 6.41. The van der Waals surface area contributed by atoms with Gasteiger partial charge in [0.05, 0.1) is 17.5 Å². The second-order valence-electron chi connectivity index (χ2n) is 8.03. The van der Waals surface area contributed by atoms with Gasteiger partial charge in [0.25, 0.3) is 0 Å². The molecule has 0 bridgehead atoms. The predicted octanol–water partition coefficient (Wildman–Crippen LogP) is 1.61. The van der Waals surface area contributed by atoms with Crippen molar-refractivity contribution in [2.75, 3.05) is 24.6 Å². The topological polar surface area (TPSA) is 87.2 Å². The maximum Gasteiger partial charge on any atom is 0.410 e. The number of phenols is 1. The lowest BCUT2D eigenvalue weighted by atomic mass is 10.0. The third-order valence-electron chi connectivity index (χ3n) is 4.72. The van der Waals surface area contributed by atoms with E-state index in [1.54, 1.807) is 43.9 Å². The van der Waals surface area contributed by atoms with E-state index in [4.69, 9.17) is 4.74 Å². The van der Waals surface area contributed by atoms with Crippen LogP contribution < -0.4 is 0 Å². The minimum atomic E-state index is -3.21. The number of fused-ring (bicyclic) bond motifs is 1. The van der Waals surface area contributed by atoms with Gasteiger partial charge in [-0.2, -0.15) is 0 Å². The Morgan fingerprint density at radius 1 is 1.23 bits per heavy atom. The molecule has 2 atom stereocenters. The molecule has 0 spiro atoms. The molecule has 1 aromatic carbocycles. The van der Waals surface area contributed by atoms with E-state index in [9.17, 15) is 18.3 Å². The molecular formula is C18H26N2O5S. The fourth-order valence-corrected chi connectivity index (χ4v) is 5.67. The van der Waals surface area contributed by atoms with Gasteiger partial charge in [-0.05, 0) is 38.5 Å². The molecule has 1 aromatic rings. The highest BCUT2D eigenvalue weighted by Crippen LogP contribution is 2.29. The number of carbonyl (C=O) groups is 1. The van der Waals surface area contributed by atoms with Gasteiger partial charge in [-0.15, -0.1) is 0 Å². The van der Waals surface area contributed by atoms with Crippen LogP contribution in [-0.4, -0.2) is 71.7 Å². The molecule has 144 valence electrons. The van der Waals surface area contributed by atoms with Crippen LogP contribution in [0, 0.1) is 0 Å². The van der Waals surface area contributed by atoms with Crippen LogP contribution in [0.2, 0.25) is 0 Å². The molecule has 2 saturated heterocycles. The maximum atomic E-state index is 12.5. The summed E-state index contributed by atoms with van der Waals surface area (Å²) in [7, 11) is -3.21. The minimum Gasteiger partial charge on any atom is -0.508 e. The Balaban J connectivity index is 1.80. The van der Waals surface area contributed by atoms with E-state index in [0.29, 0.717) is 19.6 Å². The quantitative estimate of drug-likeness (QED) is 0.836. The number of carbonyl (C=O) groups excluding carboxylic acids is 1. The number of ether oxygens (including phenoxy) is 1. The number of phenolic OH excluding ortho intramolecular Hbond substituents is 1. The van der Waals surface area contributed by atoms with Crippen molar-refractivity contribution in [1.29, 1.82) is 0 Å². The molecule has 1 amide bonds. The molecule has 0 aliphatic carbocycles. The van der Waals surface area contributed by atoms with Crippen molar-refractivity contribution in [3.05, 3.63) is 29.8 Å². The van der Waals surface area contributed by atoms with Crippen LogP contribution in [0.1, 0.15) is 26.3 Å². The molecule has 3 rings (SSSR count). The summed E-state index contributed by atoms with van der Waals surface area (Å²) in [6, 6.07) is 6.29. The molecule has 8 heteroatoms. The number of nitrogens with zero attached hydrogens (tertiary/aromatic N) is 2. The van der Waals surface area contributed by atoms with Crippen LogP contribution in [0.3, 0.4) is 0 Å². The minimum absolute atomic E-state index is 0.0343. The summed E-state index contributed by atoms with van der Waals surface area (Å²) in [4.78, 5) is 16.2. The van der Waals surface area contributed by atoms with Crippen molar-refractivity contribution >= 4 is 15.9 Å². The number of piperazine rings is 1. The highest BCUT2D eigenvalue weighted by molar-refractivity contribution is 7.91. The summed E-state index contributed by atoms with van der Waals surface area (Å²) >= 11 is 0. The Morgan fingerprint density at radius 3 is 2.58 bits per heavy atom. The summed E-state index contributed by atoms with van der Waals surface area (Å²) in [5.41, 5.74) is 0.293. The zero-order valence-corrected chi connectivity index (χ0v) is 16.2. The Kier molecular flexibility index (Phi) is 4.92. The highest BCUT2D eigenvalue weighted by Gasteiger charge is 2.48. The molecule has 2 aliphatic rings. The van der Waals surface area contributed by atoms with Crippen LogP contribution in [0.4, 0.5) is 4.79 Å². The zero-order valence-electron chi connectivity index (χ0n) is 15.4. The van der Waals surface area contributed by atoms with E-state index in [1.807, 2.05) is 6.07 Å². The molecule has 2 fully saturated rings. The Hall–Kier alpha value is -1.80. The maximum absolute atomic E-state index is 12.5. The van der Waals surface area contributed by atoms with Crippen LogP contribution in [-0.2, 0) is 21.1 Å². The van der Waals surface area contributed by atoms with Crippen LogP contribution in [0.15, 0.2) is 24.3 Å². The molecule has 0 aromatic heterocycles. The molecule has 2 aliphatic heterocycles. The Labute approximate surface area is 154 Å². The lowest BCUT2D eigenvalue weighted by Crippen LogP contribution is -2.60. The molecule has 0 unspecified atom stereocenters. The van der Waals surface area contributed by atoms with E-state index < -0.39 is 27.6 Å². The monoisotopic (exact) mass is 382 g/mol. The number of rotatable bonds is 2. The van der Waals surface area contributed by atoms with Gasteiger partial charge in [-0.3, -0.25) is 4.90 Å². The van der Waals surface area contributed by atoms with Crippen molar-refractivity contribution in [1.82, 2.24) is 9.80 Å². The summed E-state index contributed by atoms with van der Waals surface area (Å²) in [6.07, 6.45) is -0.457. The van der Waals surface area contributed by atoms with Crippen molar-refractivity contribution in [2.45, 2.75) is 45.0 Å². The normalized spacial score (nSPS) is 25.7. The average molecular weight is 382 g/mol. The van der Waals surface area contributed by atoms with E-state index in [1.165, 1.54) is 0 Å². The van der Waals surface area contributed by atoms with E-state index in [0.717, 1.165) is 5.56 Å². The number of amides is 1. The highest BCUT2D eigenvalue weighted by atomic mass is 32.2. The molecule has 26 heavy (non-hydrogen) atoms. The first kappa shape index (κ1) is 19.0. The third kappa shape index (κ3) is 4.29. The molecule has 2 heterocycles. The van der Waals surface area contributed by atoms with Gasteiger partial charge in [0.15, 0.2) is 9.84 Å². The molecule has 0 radical (unpaired) electrons. The Bertz CT molecular complexity index is 787. The van der Waals surface area contributed by atoms with Gasteiger partial charge >= 0.3 is 6.09 Å². The first-order valence-corrected chi connectivity index (χ1v) is 10.6. The average Bonchev–Trinajstić information content (AvgIpc) is 2.81. The van der Waals surface area contributed by atoms with E-state index >= 15 is 0 Å². The van der Waals surface area contributed by atoms with Gasteiger partial charge in [0.1, 0.15) is 11.4 Å². The van der Waals surface area contributed by atoms with Crippen LogP contribution >= 0.6 is 0 Å². The largest absolute Gasteiger partial charge is 0.508 e. The lowest BCUT2D eigenvalue weighted by Gasteiger charge is -2.44. The first-order chi connectivity index (χ1) is 12.0. The zero-order chi connectivity index (χ0) is 19.1. The number of hydrogen-bond acceptors (Lipinski definition) is 6. The smallest absolute Gasteiger partial charge is 0.410 e. The summed E-state index contributed by atoms with van der Waals surface area (Å²) in [5.74, 6) is 0.189. The van der Waals surface area contributed by atoms with Crippen LogP contribution in [0.5, 0.6) is 5.75 Å². The molecule has 7 nitrogen and oxygen atoms in total. The fourth-order valence-electron chi connectivity index (χ4n) is 3.66. The SMILES string of the molecule is CC(C)(C)OC(=O)N1CCN(Cc2cccc(O)c2)[C@@H]2CS(=O)(=O)C[C@@H]21. The Morgan fingerprint density at radius 2 is 1.92 bits per heavy atom. The fraction of sp³-hybridized carbons (Fsp3) is 0.611. The molecule has 1 N–H and O–H groups in total. The second-order valence-corrected chi connectivity index (χ2v) is 10.2. The number of hydrogen-bond donors (Lipinski definition) is 1. The van der Waals surface area contributed by atoms with Gasteiger partial charge < -0.3 is 14.7 Å². The predicted molar refractivity (Wildman–Crippen MR) is 97.7 cm³/mol. The van der Waals surface area contributed by atoms with Crippen molar-refractivity contribution < 1.29 is 23.1 Å². The molecular weight excluding hydrogens is 356 g/mol. The van der Waals surface area contributed by atoms with Gasteiger partial charge in [0, 0.05) is 25.7 Å².